The highest BCUT2D eigenvalue weighted by atomic mass is 35.5. The summed E-state index contributed by atoms with van der Waals surface area (Å²) in [4.78, 5) is 14.2. The Morgan fingerprint density at radius 3 is 2.64 bits per heavy atom. The van der Waals surface area contributed by atoms with Gasteiger partial charge in [-0.15, -0.1) is 24.8 Å². The summed E-state index contributed by atoms with van der Waals surface area (Å²) in [5, 5.41) is 15.4. The summed E-state index contributed by atoms with van der Waals surface area (Å²) in [5.74, 6) is -0.0772. The van der Waals surface area contributed by atoms with Gasteiger partial charge in [-0.1, -0.05) is 12.1 Å². The van der Waals surface area contributed by atoms with Crippen LogP contribution in [0, 0.1) is 6.92 Å². The SMILES string of the molecule is Cc1ccc(CN(C)C)cc1NC(=O)C1CC(O)CN1.Cl.Cl. The van der Waals surface area contributed by atoms with Crippen molar-refractivity contribution in [3.63, 3.8) is 0 Å². The molecule has 0 radical (unpaired) electrons. The third-order valence-corrected chi connectivity index (χ3v) is 3.48. The van der Waals surface area contributed by atoms with Crippen LogP contribution in [-0.2, 0) is 11.3 Å². The number of carbonyl (C=O) groups is 1. The van der Waals surface area contributed by atoms with Crippen molar-refractivity contribution in [2.45, 2.75) is 32.0 Å². The molecule has 1 saturated heterocycles. The second-order valence-electron chi connectivity index (χ2n) is 5.73. The number of amides is 1. The fraction of sp³-hybridized carbons (Fsp3) is 0.533. The van der Waals surface area contributed by atoms with Crippen molar-refractivity contribution in [2.75, 3.05) is 26.0 Å². The highest BCUT2D eigenvalue weighted by Crippen LogP contribution is 2.19. The van der Waals surface area contributed by atoms with Gasteiger partial charge in [0.15, 0.2) is 0 Å². The zero-order chi connectivity index (χ0) is 14.7. The Balaban J connectivity index is 0.00000220. The van der Waals surface area contributed by atoms with Crippen molar-refractivity contribution in [2.24, 2.45) is 0 Å². The van der Waals surface area contributed by atoms with E-state index < -0.39 is 6.10 Å². The van der Waals surface area contributed by atoms with E-state index in [-0.39, 0.29) is 36.8 Å². The first-order chi connectivity index (χ1) is 9.45. The van der Waals surface area contributed by atoms with Gasteiger partial charge in [-0.05, 0) is 44.6 Å². The van der Waals surface area contributed by atoms with Crippen LogP contribution in [0.25, 0.3) is 0 Å². The number of β-amino-alcohol motifs (C(OH)–C–C–N with tert-alkyl or cyclic N) is 1. The van der Waals surface area contributed by atoms with E-state index in [1.807, 2.05) is 33.2 Å². The summed E-state index contributed by atoms with van der Waals surface area (Å²) in [6.07, 6.45) is 0.0503. The number of benzene rings is 1. The lowest BCUT2D eigenvalue weighted by molar-refractivity contribution is -0.117. The van der Waals surface area contributed by atoms with Crippen LogP contribution in [0.3, 0.4) is 0 Å². The molecule has 1 amide bonds. The van der Waals surface area contributed by atoms with E-state index in [2.05, 4.69) is 21.6 Å². The zero-order valence-electron chi connectivity index (χ0n) is 13.1. The van der Waals surface area contributed by atoms with Crippen LogP contribution in [0.5, 0.6) is 0 Å². The van der Waals surface area contributed by atoms with Crippen molar-refractivity contribution in [3.8, 4) is 0 Å². The van der Waals surface area contributed by atoms with E-state index in [0.29, 0.717) is 13.0 Å². The standard InChI is InChI=1S/C15H23N3O2.2ClH/c1-10-4-5-11(9-18(2)3)6-13(10)17-15(20)14-7-12(19)8-16-14;;/h4-6,12,14,16,19H,7-9H2,1-3H3,(H,17,20);2*1H. The Kier molecular flexibility index (Phi) is 8.96. The van der Waals surface area contributed by atoms with Gasteiger partial charge in [0.1, 0.15) is 0 Å². The van der Waals surface area contributed by atoms with E-state index in [4.69, 9.17) is 0 Å². The van der Waals surface area contributed by atoms with Gasteiger partial charge in [0.2, 0.25) is 5.91 Å². The second kappa shape index (κ2) is 9.33. The summed E-state index contributed by atoms with van der Waals surface area (Å²) >= 11 is 0. The fourth-order valence-corrected chi connectivity index (χ4v) is 2.40. The Bertz CT molecular complexity index is 498. The number of anilines is 1. The molecule has 0 bridgehead atoms. The number of halogens is 2. The molecular formula is C15H25Cl2N3O2. The molecule has 3 N–H and O–H groups in total. The molecule has 0 aliphatic carbocycles. The number of nitrogens with one attached hydrogen (secondary N) is 2. The third-order valence-electron chi connectivity index (χ3n) is 3.48. The molecule has 22 heavy (non-hydrogen) atoms. The predicted octanol–water partition coefficient (Wildman–Crippen LogP) is 1.56. The lowest BCUT2D eigenvalue weighted by atomic mass is 10.1. The van der Waals surface area contributed by atoms with Gasteiger partial charge in [-0.2, -0.15) is 0 Å². The van der Waals surface area contributed by atoms with Crippen molar-refractivity contribution in [1.29, 1.82) is 0 Å². The summed E-state index contributed by atoms with van der Waals surface area (Å²) in [7, 11) is 4.03. The predicted molar refractivity (Wildman–Crippen MR) is 94.1 cm³/mol. The smallest absolute Gasteiger partial charge is 0.241 e. The van der Waals surface area contributed by atoms with Crippen molar-refractivity contribution in [1.82, 2.24) is 10.2 Å². The number of hydrogen-bond donors (Lipinski definition) is 3. The first kappa shape index (κ1) is 21.1. The molecule has 7 heteroatoms. The van der Waals surface area contributed by atoms with Crippen LogP contribution in [0.2, 0.25) is 0 Å². The Morgan fingerprint density at radius 2 is 2.09 bits per heavy atom. The van der Waals surface area contributed by atoms with E-state index in [0.717, 1.165) is 23.4 Å². The van der Waals surface area contributed by atoms with Crippen molar-refractivity contribution in [3.05, 3.63) is 29.3 Å². The van der Waals surface area contributed by atoms with Gasteiger partial charge < -0.3 is 20.6 Å². The van der Waals surface area contributed by atoms with Crippen molar-refractivity contribution < 1.29 is 9.90 Å². The Hall–Kier alpha value is -0.850. The van der Waals surface area contributed by atoms with Crippen LogP contribution < -0.4 is 10.6 Å². The fourth-order valence-electron chi connectivity index (χ4n) is 2.40. The van der Waals surface area contributed by atoms with Crippen LogP contribution in [0.4, 0.5) is 5.69 Å². The highest BCUT2D eigenvalue weighted by Gasteiger charge is 2.28. The van der Waals surface area contributed by atoms with Crippen molar-refractivity contribution >= 4 is 36.4 Å². The number of aliphatic hydroxyl groups is 1. The maximum atomic E-state index is 12.2. The van der Waals surface area contributed by atoms with E-state index in [1.54, 1.807) is 0 Å². The molecule has 1 aromatic rings. The van der Waals surface area contributed by atoms with Crippen LogP contribution in [0.15, 0.2) is 18.2 Å². The minimum atomic E-state index is -0.424. The lowest BCUT2D eigenvalue weighted by Crippen LogP contribution is -2.35. The maximum absolute atomic E-state index is 12.2. The molecule has 0 spiro atoms. The summed E-state index contributed by atoms with van der Waals surface area (Å²) < 4.78 is 0. The highest BCUT2D eigenvalue weighted by molar-refractivity contribution is 5.95. The largest absolute Gasteiger partial charge is 0.392 e. The zero-order valence-corrected chi connectivity index (χ0v) is 14.8. The number of nitrogens with zero attached hydrogens (tertiary/aromatic N) is 1. The normalized spacial score (nSPS) is 20.2. The number of aryl methyl sites for hydroxylation is 1. The molecule has 2 unspecified atom stereocenters. The average Bonchev–Trinajstić information content (AvgIpc) is 2.79. The van der Waals surface area contributed by atoms with Gasteiger partial charge in [0.05, 0.1) is 12.1 Å². The molecule has 5 nitrogen and oxygen atoms in total. The minimum absolute atomic E-state index is 0. The van der Waals surface area contributed by atoms with Crippen LogP contribution in [0.1, 0.15) is 17.5 Å². The van der Waals surface area contributed by atoms with E-state index in [9.17, 15) is 9.90 Å². The third kappa shape index (κ3) is 5.74. The Morgan fingerprint density at radius 1 is 1.41 bits per heavy atom. The first-order valence-corrected chi connectivity index (χ1v) is 6.92. The molecule has 1 heterocycles. The molecule has 1 aliphatic rings. The number of hydrogen-bond acceptors (Lipinski definition) is 4. The average molecular weight is 350 g/mol. The number of aliphatic hydroxyl groups excluding tert-OH is 1. The van der Waals surface area contributed by atoms with Gasteiger partial charge >= 0.3 is 0 Å². The quantitative estimate of drug-likeness (QED) is 0.771. The molecular weight excluding hydrogens is 325 g/mol. The molecule has 1 aromatic carbocycles. The maximum Gasteiger partial charge on any atom is 0.241 e. The molecule has 0 saturated carbocycles. The van der Waals surface area contributed by atoms with Gasteiger partial charge in [0, 0.05) is 18.8 Å². The monoisotopic (exact) mass is 349 g/mol. The van der Waals surface area contributed by atoms with Crippen LogP contribution in [-0.4, -0.2) is 48.7 Å². The molecule has 1 aliphatic heterocycles. The number of rotatable bonds is 4. The van der Waals surface area contributed by atoms with Gasteiger partial charge in [-0.25, -0.2) is 0 Å². The topological polar surface area (TPSA) is 64.6 Å². The summed E-state index contributed by atoms with van der Waals surface area (Å²) in [6.45, 7) is 3.30. The lowest BCUT2D eigenvalue weighted by Gasteiger charge is -2.15. The summed E-state index contributed by atoms with van der Waals surface area (Å²) in [6, 6.07) is 5.80. The van der Waals surface area contributed by atoms with Gasteiger partial charge in [-0.3, -0.25) is 4.79 Å². The van der Waals surface area contributed by atoms with Crippen LogP contribution >= 0.6 is 24.8 Å². The summed E-state index contributed by atoms with van der Waals surface area (Å²) in [5.41, 5.74) is 3.05. The Labute approximate surface area is 144 Å². The number of carbonyl (C=O) groups excluding carboxylic acids is 1. The van der Waals surface area contributed by atoms with Gasteiger partial charge in [0.25, 0.3) is 0 Å². The molecule has 1 fully saturated rings. The molecule has 0 aromatic heterocycles. The minimum Gasteiger partial charge on any atom is -0.392 e. The molecule has 126 valence electrons. The first-order valence-electron chi connectivity index (χ1n) is 6.92. The second-order valence-corrected chi connectivity index (χ2v) is 5.73. The van der Waals surface area contributed by atoms with E-state index >= 15 is 0 Å². The molecule has 2 atom stereocenters. The van der Waals surface area contributed by atoms with E-state index in [1.165, 1.54) is 0 Å². The molecule has 2 rings (SSSR count).